The number of nitrogens with zero attached hydrogens (tertiary/aromatic N) is 1. The lowest BCUT2D eigenvalue weighted by Crippen LogP contribution is -2.27. The lowest BCUT2D eigenvalue weighted by atomic mass is 10.1. The van der Waals surface area contributed by atoms with Gasteiger partial charge in [0.2, 0.25) is 5.91 Å². The number of thiazole rings is 1. The standard InChI is InChI=1S/C21H21N3O3S/c1-14-8-9-18(27-2)16(12-14)17-13-28-21(23-17)24-19(25)10-11-22-20(26)15-6-4-3-5-7-15/h3-9,12-13H,10-11H2,1-2H3,(H,22,26)(H,23,24,25). The Hall–Kier alpha value is -3.19. The van der Waals surface area contributed by atoms with Crippen molar-refractivity contribution in [2.75, 3.05) is 19.0 Å². The number of aromatic nitrogens is 1. The Bertz CT molecular complexity index is 970. The largest absolute Gasteiger partial charge is 0.496 e. The molecular weight excluding hydrogens is 374 g/mol. The van der Waals surface area contributed by atoms with E-state index in [9.17, 15) is 9.59 Å². The second kappa shape index (κ2) is 9.14. The predicted octanol–water partition coefficient (Wildman–Crippen LogP) is 3.89. The van der Waals surface area contributed by atoms with Gasteiger partial charge in [-0.25, -0.2) is 4.98 Å². The van der Waals surface area contributed by atoms with Gasteiger partial charge in [0.25, 0.3) is 5.91 Å². The molecule has 0 radical (unpaired) electrons. The minimum atomic E-state index is -0.203. The zero-order valence-corrected chi connectivity index (χ0v) is 16.5. The van der Waals surface area contributed by atoms with Crippen molar-refractivity contribution in [3.05, 3.63) is 65.0 Å². The molecule has 0 aliphatic carbocycles. The maximum Gasteiger partial charge on any atom is 0.251 e. The fraction of sp³-hybridized carbons (Fsp3) is 0.190. The molecule has 0 atom stereocenters. The van der Waals surface area contributed by atoms with Crippen LogP contribution in [-0.2, 0) is 4.79 Å². The van der Waals surface area contributed by atoms with Crippen molar-refractivity contribution in [1.29, 1.82) is 0 Å². The summed E-state index contributed by atoms with van der Waals surface area (Å²) >= 11 is 1.35. The summed E-state index contributed by atoms with van der Waals surface area (Å²) in [5.41, 5.74) is 3.30. The number of ether oxygens (including phenoxy) is 1. The summed E-state index contributed by atoms with van der Waals surface area (Å²) in [6.45, 7) is 2.26. The topological polar surface area (TPSA) is 80.3 Å². The van der Waals surface area contributed by atoms with Crippen molar-refractivity contribution >= 4 is 28.3 Å². The normalized spacial score (nSPS) is 10.4. The SMILES string of the molecule is COc1ccc(C)cc1-c1csc(NC(=O)CCNC(=O)c2ccccc2)n1. The number of amides is 2. The van der Waals surface area contributed by atoms with Crippen LogP contribution in [-0.4, -0.2) is 30.5 Å². The molecule has 1 aromatic heterocycles. The van der Waals surface area contributed by atoms with Gasteiger partial charge in [0.05, 0.1) is 12.8 Å². The first-order valence-electron chi connectivity index (χ1n) is 8.80. The Kier molecular flexibility index (Phi) is 6.39. The Balaban J connectivity index is 1.54. The van der Waals surface area contributed by atoms with Gasteiger partial charge in [-0.3, -0.25) is 9.59 Å². The highest BCUT2D eigenvalue weighted by Gasteiger charge is 2.12. The van der Waals surface area contributed by atoms with Crippen LogP contribution < -0.4 is 15.4 Å². The molecule has 2 amide bonds. The molecule has 7 heteroatoms. The van der Waals surface area contributed by atoms with E-state index in [1.54, 1.807) is 31.4 Å². The number of nitrogens with one attached hydrogen (secondary N) is 2. The van der Waals surface area contributed by atoms with Crippen LogP contribution in [0.15, 0.2) is 53.9 Å². The lowest BCUT2D eigenvalue weighted by molar-refractivity contribution is -0.116. The van der Waals surface area contributed by atoms with Crippen LogP contribution in [0.3, 0.4) is 0 Å². The highest BCUT2D eigenvalue weighted by Crippen LogP contribution is 2.32. The van der Waals surface area contributed by atoms with Crippen molar-refractivity contribution in [2.45, 2.75) is 13.3 Å². The molecule has 0 saturated heterocycles. The van der Waals surface area contributed by atoms with E-state index < -0.39 is 0 Å². The first-order chi connectivity index (χ1) is 13.6. The van der Waals surface area contributed by atoms with E-state index >= 15 is 0 Å². The van der Waals surface area contributed by atoms with Crippen LogP contribution in [0.1, 0.15) is 22.3 Å². The minimum absolute atomic E-state index is 0.168. The van der Waals surface area contributed by atoms with Gasteiger partial charge >= 0.3 is 0 Å². The van der Waals surface area contributed by atoms with E-state index in [0.29, 0.717) is 10.7 Å². The first kappa shape index (κ1) is 19.6. The molecule has 6 nitrogen and oxygen atoms in total. The van der Waals surface area contributed by atoms with E-state index in [1.165, 1.54) is 11.3 Å². The van der Waals surface area contributed by atoms with Crippen molar-refractivity contribution < 1.29 is 14.3 Å². The molecule has 28 heavy (non-hydrogen) atoms. The molecule has 0 aliphatic rings. The molecule has 0 aliphatic heterocycles. The van der Waals surface area contributed by atoms with Gasteiger partial charge in [-0.15, -0.1) is 11.3 Å². The summed E-state index contributed by atoms with van der Waals surface area (Å²) < 4.78 is 5.39. The second-order valence-corrected chi connectivity index (χ2v) is 7.02. The molecular formula is C21H21N3O3S. The zero-order valence-electron chi connectivity index (χ0n) is 15.7. The summed E-state index contributed by atoms with van der Waals surface area (Å²) in [7, 11) is 1.62. The third-order valence-electron chi connectivity index (χ3n) is 4.06. The summed E-state index contributed by atoms with van der Waals surface area (Å²) in [6, 6.07) is 14.8. The monoisotopic (exact) mass is 395 g/mol. The second-order valence-electron chi connectivity index (χ2n) is 6.16. The molecule has 0 bridgehead atoms. The van der Waals surface area contributed by atoms with Gasteiger partial charge in [0.15, 0.2) is 5.13 Å². The highest BCUT2D eigenvalue weighted by atomic mass is 32.1. The van der Waals surface area contributed by atoms with Crippen LogP contribution in [0.25, 0.3) is 11.3 Å². The van der Waals surface area contributed by atoms with E-state index in [0.717, 1.165) is 22.6 Å². The summed E-state index contributed by atoms with van der Waals surface area (Å²) in [4.78, 5) is 28.6. The number of anilines is 1. The number of carbonyl (C=O) groups excluding carboxylic acids is 2. The van der Waals surface area contributed by atoms with Gasteiger partial charge in [-0.1, -0.05) is 29.8 Å². The number of hydrogen-bond donors (Lipinski definition) is 2. The maximum atomic E-state index is 12.1. The molecule has 0 unspecified atom stereocenters. The fourth-order valence-corrected chi connectivity index (χ4v) is 3.37. The third kappa shape index (κ3) is 4.95. The quantitative estimate of drug-likeness (QED) is 0.636. The number of aryl methyl sites for hydroxylation is 1. The average molecular weight is 395 g/mol. The highest BCUT2D eigenvalue weighted by molar-refractivity contribution is 7.14. The molecule has 0 spiro atoms. The van der Waals surface area contributed by atoms with Gasteiger partial charge in [0.1, 0.15) is 5.75 Å². The van der Waals surface area contributed by atoms with Crippen molar-refractivity contribution in [1.82, 2.24) is 10.3 Å². The average Bonchev–Trinajstić information content (AvgIpc) is 3.16. The molecule has 2 aromatic carbocycles. The predicted molar refractivity (Wildman–Crippen MR) is 111 cm³/mol. The Morgan fingerprint density at radius 2 is 1.93 bits per heavy atom. The van der Waals surface area contributed by atoms with E-state index in [1.807, 2.05) is 36.6 Å². The molecule has 144 valence electrons. The number of hydrogen-bond acceptors (Lipinski definition) is 5. The van der Waals surface area contributed by atoms with Gasteiger partial charge in [0, 0.05) is 29.5 Å². The van der Waals surface area contributed by atoms with Crippen LogP contribution >= 0.6 is 11.3 Å². The van der Waals surface area contributed by atoms with Crippen molar-refractivity contribution in [3.8, 4) is 17.0 Å². The van der Waals surface area contributed by atoms with Crippen LogP contribution in [0.2, 0.25) is 0 Å². The van der Waals surface area contributed by atoms with Gasteiger partial charge < -0.3 is 15.4 Å². The molecule has 0 fully saturated rings. The van der Waals surface area contributed by atoms with Gasteiger partial charge in [-0.05, 0) is 31.2 Å². The number of benzene rings is 2. The number of carbonyl (C=O) groups is 2. The van der Waals surface area contributed by atoms with Crippen LogP contribution in [0.4, 0.5) is 5.13 Å². The van der Waals surface area contributed by atoms with E-state index in [-0.39, 0.29) is 24.8 Å². The van der Waals surface area contributed by atoms with Crippen molar-refractivity contribution in [2.24, 2.45) is 0 Å². The Morgan fingerprint density at radius 3 is 2.68 bits per heavy atom. The summed E-state index contributed by atoms with van der Waals surface area (Å²) in [5.74, 6) is 0.333. The zero-order chi connectivity index (χ0) is 19.9. The Labute approximate surface area is 167 Å². The molecule has 3 aromatic rings. The van der Waals surface area contributed by atoms with Crippen molar-refractivity contribution in [3.63, 3.8) is 0 Å². The molecule has 2 N–H and O–H groups in total. The van der Waals surface area contributed by atoms with Gasteiger partial charge in [-0.2, -0.15) is 0 Å². The molecule has 3 rings (SSSR count). The summed E-state index contributed by atoms with van der Waals surface area (Å²) in [6.07, 6.45) is 0.168. The van der Waals surface area contributed by atoms with E-state index in [4.69, 9.17) is 4.74 Å². The third-order valence-corrected chi connectivity index (χ3v) is 4.81. The number of methoxy groups -OCH3 is 1. The molecule has 1 heterocycles. The minimum Gasteiger partial charge on any atom is -0.496 e. The first-order valence-corrected chi connectivity index (χ1v) is 9.68. The molecule has 0 saturated carbocycles. The van der Waals surface area contributed by atoms with Crippen LogP contribution in [0.5, 0.6) is 5.75 Å². The fourth-order valence-electron chi connectivity index (χ4n) is 2.64. The number of rotatable bonds is 7. The van der Waals surface area contributed by atoms with Crippen LogP contribution in [0, 0.1) is 6.92 Å². The lowest BCUT2D eigenvalue weighted by Gasteiger charge is -2.07. The van der Waals surface area contributed by atoms with E-state index in [2.05, 4.69) is 15.6 Å². The Morgan fingerprint density at radius 1 is 1.14 bits per heavy atom. The smallest absolute Gasteiger partial charge is 0.251 e. The summed E-state index contributed by atoms with van der Waals surface area (Å²) in [5, 5.41) is 7.90. The maximum absolute atomic E-state index is 12.1.